The molecule has 0 radical (unpaired) electrons. The molecule has 2 rings (SSSR count). The van der Waals surface area contributed by atoms with Gasteiger partial charge in [-0.1, -0.05) is 0 Å². The van der Waals surface area contributed by atoms with E-state index in [1.54, 1.807) is 19.2 Å². The minimum atomic E-state index is -0.285. The van der Waals surface area contributed by atoms with Gasteiger partial charge in [-0.15, -0.1) is 0 Å². The summed E-state index contributed by atoms with van der Waals surface area (Å²) in [6.45, 7) is 4.19. The summed E-state index contributed by atoms with van der Waals surface area (Å²) in [5, 5.41) is 0.994. The fourth-order valence-corrected chi connectivity index (χ4v) is 1.63. The number of aromatic nitrogens is 1. The summed E-state index contributed by atoms with van der Waals surface area (Å²) < 4.78 is 4.96. The first-order chi connectivity index (χ1) is 7.72. The molecule has 3 nitrogen and oxygen atoms in total. The summed E-state index contributed by atoms with van der Waals surface area (Å²) in [6.07, 6.45) is 1.77. The summed E-state index contributed by atoms with van der Waals surface area (Å²) >= 11 is 0. The predicted molar refractivity (Wildman–Crippen MR) is 62.4 cm³/mol. The van der Waals surface area contributed by atoms with Crippen molar-refractivity contribution in [1.82, 2.24) is 4.98 Å². The smallest absolute Gasteiger partial charge is 0.338 e. The van der Waals surface area contributed by atoms with Crippen molar-refractivity contribution in [1.29, 1.82) is 0 Å². The normalized spacial score (nSPS) is 10.4. The van der Waals surface area contributed by atoms with Gasteiger partial charge in [-0.05, 0) is 43.7 Å². The number of rotatable bonds is 2. The summed E-state index contributed by atoms with van der Waals surface area (Å²) in [5.41, 5.74) is 2.58. The van der Waals surface area contributed by atoms with E-state index in [-0.39, 0.29) is 5.97 Å². The molecule has 0 amide bonds. The van der Waals surface area contributed by atoms with Gasteiger partial charge >= 0.3 is 5.97 Å². The van der Waals surface area contributed by atoms with Crippen molar-refractivity contribution >= 4 is 16.9 Å². The SMILES string of the molecule is CCOC(=O)c1ccc2nccc(C)c2c1. The molecule has 1 aromatic heterocycles. The number of fused-ring (bicyclic) bond motifs is 1. The molecule has 0 saturated heterocycles. The number of hydrogen-bond acceptors (Lipinski definition) is 3. The number of benzene rings is 1. The Balaban J connectivity index is 2.51. The fourth-order valence-electron chi connectivity index (χ4n) is 1.63. The second-order valence-corrected chi connectivity index (χ2v) is 3.58. The molecule has 0 aliphatic heterocycles. The topological polar surface area (TPSA) is 39.2 Å². The monoisotopic (exact) mass is 215 g/mol. The number of hydrogen-bond donors (Lipinski definition) is 0. The van der Waals surface area contributed by atoms with Crippen LogP contribution in [-0.2, 0) is 4.74 Å². The third kappa shape index (κ3) is 1.89. The molecule has 0 aliphatic rings. The predicted octanol–water partition coefficient (Wildman–Crippen LogP) is 2.72. The van der Waals surface area contributed by atoms with E-state index in [9.17, 15) is 4.79 Å². The third-order valence-corrected chi connectivity index (χ3v) is 2.47. The van der Waals surface area contributed by atoms with Crippen LogP contribution in [0.2, 0.25) is 0 Å². The van der Waals surface area contributed by atoms with Crippen LogP contribution < -0.4 is 0 Å². The Morgan fingerprint density at radius 1 is 1.38 bits per heavy atom. The van der Waals surface area contributed by atoms with Crippen LogP contribution in [0.4, 0.5) is 0 Å². The minimum Gasteiger partial charge on any atom is -0.462 e. The second kappa shape index (κ2) is 4.31. The number of pyridine rings is 1. The first-order valence-electron chi connectivity index (χ1n) is 5.25. The van der Waals surface area contributed by atoms with Crippen molar-refractivity contribution in [3.8, 4) is 0 Å². The van der Waals surface area contributed by atoms with Gasteiger partial charge < -0.3 is 4.74 Å². The molecule has 2 aromatic rings. The van der Waals surface area contributed by atoms with Gasteiger partial charge in [0.25, 0.3) is 0 Å². The Morgan fingerprint density at radius 2 is 2.19 bits per heavy atom. The maximum atomic E-state index is 11.6. The zero-order valence-electron chi connectivity index (χ0n) is 9.36. The largest absolute Gasteiger partial charge is 0.462 e. The van der Waals surface area contributed by atoms with Gasteiger partial charge in [0.2, 0.25) is 0 Å². The lowest BCUT2D eigenvalue weighted by molar-refractivity contribution is 0.0526. The van der Waals surface area contributed by atoms with Crippen molar-refractivity contribution in [3.63, 3.8) is 0 Å². The van der Waals surface area contributed by atoms with Crippen LogP contribution in [0.3, 0.4) is 0 Å². The standard InChI is InChI=1S/C13H13NO2/c1-3-16-13(15)10-4-5-12-11(8-10)9(2)6-7-14-12/h4-8H,3H2,1-2H3. The van der Waals surface area contributed by atoms with Gasteiger partial charge in [0, 0.05) is 11.6 Å². The quantitative estimate of drug-likeness (QED) is 0.723. The van der Waals surface area contributed by atoms with E-state index in [4.69, 9.17) is 4.74 Å². The van der Waals surface area contributed by atoms with Gasteiger partial charge in [0.05, 0.1) is 17.7 Å². The Hall–Kier alpha value is -1.90. The lowest BCUT2D eigenvalue weighted by atomic mass is 10.1. The summed E-state index contributed by atoms with van der Waals surface area (Å²) in [4.78, 5) is 15.8. The van der Waals surface area contributed by atoms with Gasteiger partial charge in [-0.2, -0.15) is 0 Å². The van der Waals surface area contributed by atoms with Crippen molar-refractivity contribution in [2.45, 2.75) is 13.8 Å². The Labute approximate surface area is 94.1 Å². The molecule has 1 heterocycles. The van der Waals surface area contributed by atoms with Crippen molar-refractivity contribution in [3.05, 3.63) is 41.6 Å². The van der Waals surface area contributed by atoms with E-state index in [0.29, 0.717) is 12.2 Å². The fraction of sp³-hybridized carbons (Fsp3) is 0.231. The molecular formula is C13H13NO2. The summed E-state index contributed by atoms with van der Waals surface area (Å²) in [5.74, 6) is -0.285. The van der Waals surface area contributed by atoms with E-state index >= 15 is 0 Å². The maximum absolute atomic E-state index is 11.6. The first kappa shape index (κ1) is 10.6. The molecule has 0 saturated carbocycles. The van der Waals surface area contributed by atoms with Crippen LogP contribution in [0.25, 0.3) is 10.9 Å². The number of aryl methyl sites for hydroxylation is 1. The van der Waals surface area contributed by atoms with Gasteiger partial charge in [0.1, 0.15) is 0 Å². The van der Waals surface area contributed by atoms with E-state index in [1.807, 2.05) is 25.1 Å². The number of carbonyl (C=O) groups excluding carboxylic acids is 1. The molecule has 82 valence electrons. The number of ether oxygens (including phenoxy) is 1. The highest BCUT2D eigenvalue weighted by atomic mass is 16.5. The van der Waals surface area contributed by atoms with Crippen LogP contribution in [0.15, 0.2) is 30.5 Å². The van der Waals surface area contributed by atoms with Crippen LogP contribution in [-0.4, -0.2) is 17.6 Å². The molecule has 0 N–H and O–H groups in total. The Kier molecular flexibility index (Phi) is 2.86. The molecule has 1 aromatic carbocycles. The van der Waals surface area contributed by atoms with E-state index in [1.165, 1.54) is 0 Å². The second-order valence-electron chi connectivity index (χ2n) is 3.58. The molecule has 0 unspecified atom stereocenters. The van der Waals surface area contributed by atoms with Gasteiger partial charge in [-0.3, -0.25) is 4.98 Å². The lowest BCUT2D eigenvalue weighted by Crippen LogP contribution is -2.04. The molecule has 16 heavy (non-hydrogen) atoms. The van der Waals surface area contributed by atoms with Crippen molar-refractivity contribution in [2.24, 2.45) is 0 Å². The molecule has 0 bridgehead atoms. The summed E-state index contributed by atoms with van der Waals surface area (Å²) in [6, 6.07) is 7.34. The molecule has 0 spiro atoms. The van der Waals surface area contributed by atoms with Gasteiger partial charge in [0.15, 0.2) is 0 Å². The average Bonchev–Trinajstić information content (AvgIpc) is 2.29. The average molecular weight is 215 g/mol. The lowest BCUT2D eigenvalue weighted by Gasteiger charge is -2.04. The molecule has 0 fully saturated rings. The van der Waals surface area contributed by atoms with Crippen LogP contribution in [0.5, 0.6) is 0 Å². The van der Waals surface area contributed by atoms with Crippen LogP contribution in [0, 0.1) is 6.92 Å². The molecule has 3 heteroatoms. The van der Waals surface area contributed by atoms with E-state index in [0.717, 1.165) is 16.5 Å². The van der Waals surface area contributed by atoms with E-state index < -0.39 is 0 Å². The highest BCUT2D eigenvalue weighted by molar-refractivity contribution is 5.95. The number of esters is 1. The highest BCUT2D eigenvalue weighted by Gasteiger charge is 2.07. The highest BCUT2D eigenvalue weighted by Crippen LogP contribution is 2.18. The van der Waals surface area contributed by atoms with Crippen LogP contribution in [0.1, 0.15) is 22.8 Å². The summed E-state index contributed by atoms with van der Waals surface area (Å²) in [7, 11) is 0. The number of carbonyl (C=O) groups is 1. The third-order valence-electron chi connectivity index (χ3n) is 2.47. The maximum Gasteiger partial charge on any atom is 0.338 e. The van der Waals surface area contributed by atoms with E-state index in [2.05, 4.69) is 4.98 Å². The van der Waals surface area contributed by atoms with Crippen LogP contribution >= 0.6 is 0 Å². The zero-order chi connectivity index (χ0) is 11.5. The zero-order valence-corrected chi connectivity index (χ0v) is 9.36. The van der Waals surface area contributed by atoms with Crippen molar-refractivity contribution < 1.29 is 9.53 Å². The molecule has 0 aliphatic carbocycles. The number of nitrogens with zero attached hydrogens (tertiary/aromatic N) is 1. The minimum absolute atomic E-state index is 0.285. The Morgan fingerprint density at radius 3 is 2.94 bits per heavy atom. The Bertz CT molecular complexity index is 534. The molecular weight excluding hydrogens is 202 g/mol. The molecule has 0 atom stereocenters. The van der Waals surface area contributed by atoms with Crippen molar-refractivity contribution in [2.75, 3.05) is 6.61 Å². The van der Waals surface area contributed by atoms with Gasteiger partial charge in [-0.25, -0.2) is 4.79 Å². The first-order valence-corrected chi connectivity index (χ1v) is 5.25.